The van der Waals surface area contributed by atoms with Crippen LogP contribution in [-0.2, 0) is 0 Å². The molecule has 0 radical (unpaired) electrons. The van der Waals surface area contributed by atoms with Crippen molar-refractivity contribution in [2.24, 2.45) is 0 Å². The van der Waals surface area contributed by atoms with Gasteiger partial charge in [-0.15, -0.1) is 0 Å². The molecule has 1 nitrogen and oxygen atoms in total. The number of hydrogen-bond acceptors (Lipinski definition) is 1. The minimum absolute atomic E-state index is 0.0919. The van der Waals surface area contributed by atoms with Crippen LogP contribution in [0.1, 0.15) is 25.0 Å². The van der Waals surface area contributed by atoms with Gasteiger partial charge in [-0.05, 0) is 49.6 Å². The summed E-state index contributed by atoms with van der Waals surface area (Å²) in [5, 5.41) is 0. The molecule has 1 heterocycles. The lowest BCUT2D eigenvalue weighted by molar-refractivity contribution is 0.280. The second-order valence-electron chi connectivity index (χ2n) is 4.86. The molecule has 17 heavy (non-hydrogen) atoms. The highest BCUT2D eigenvalue weighted by molar-refractivity contribution is 5.77. The summed E-state index contributed by atoms with van der Waals surface area (Å²) < 4.78 is 6.07. The van der Waals surface area contributed by atoms with Crippen molar-refractivity contribution < 1.29 is 4.74 Å². The first-order valence-corrected chi connectivity index (χ1v) is 6.00. The Morgan fingerprint density at radius 1 is 1.06 bits per heavy atom. The van der Waals surface area contributed by atoms with Crippen LogP contribution in [0.5, 0.6) is 5.75 Å². The van der Waals surface area contributed by atoms with E-state index in [1.807, 2.05) is 0 Å². The van der Waals surface area contributed by atoms with E-state index >= 15 is 0 Å². The van der Waals surface area contributed by atoms with Crippen molar-refractivity contribution in [3.63, 3.8) is 0 Å². The third-order valence-corrected chi connectivity index (χ3v) is 3.47. The third kappa shape index (κ3) is 1.62. The molecule has 2 aliphatic rings. The van der Waals surface area contributed by atoms with E-state index in [0.717, 1.165) is 5.75 Å². The van der Waals surface area contributed by atoms with Gasteiger partial charge in [0.25, 0.3) is 0 Å². The molecular formula is C16H16O. The van der Waals surface area contributed by atoms with E-state index in [0.29, 0.717) is 0 Å². The first-order chi connectivity index (χ1) is 8.15. The van der Waals surface area contributed by atoms with E-state index in [9.17, 15) is 0 Å². The van der Waals surface area contributed by atoms with Crippen LogP contribution in [0.2, 0.25) is 0 Å². The van der Waals surface area contributed by atoms with E-state index in [-0.39, 0.29) is 6.10 Å². The van der Waals surface area contributed by atoms with Crippen molar-refractivity contribution >= 4 is 5.57 Å². The highest BCUT2D eigenvalue weighted by Gasteiger charge is 2.25. The van der Waals surface area contributed by atoms with Crippen molar-refractivity contribution in [2.45, 2.75) is 26.9 Å². The van der Waals surface area contributed by atoms with Crippen molar-refractivity contribution in [1.29, 1.82) is 0 Å². The normalized spacial score (nSPS) is 21.6. The van der Waals surface area contributed by atoms with Crippen LogP contribution in [-0.4, -0.2) is 6.10 Å². The lowest BCUT2D eigenvalue weighted by atomic mass is 9.89. The van der Waals surface area contributed by atoms with Crippen molar-refractivity contribution in [3.05, 3.63) is 58.7 Å². The standard InChI is InChI=1S/C16H16O/c1-10-4-6-13-12(3)14-7-5-11(2)9-16(14)17-15(13)8-10/h4-9,15H,1-3H3. The maximum Gasteiger partial charge on any atom is 0.143 e. The summed E-state index contributed by atoms with van der Waals surface area (Å²) in [6.07, 6.45) is 6.61. The van der Waals surface area contributed by atoms with Gasteiger partial charge in [-0.25, -0.2) is 0 Å². The van der Waals surface area contributed by atoms with Gasteiger partial charge in [-0.3, -0.25) is 0 Å². The fourth-order valence-corrected chi connectivity index (χ4v) is 2.47. The quantitative estimate of drug-likeness (QED) is 0.646. The lowest BCUT2D eigenvalue weighted by Crippen LogP contribution is -2.23. The topological polar surface area (TPSA) is 9.23 Å². The number of hydrogen-bond donors (Lipinski definition) is 0. The molecule has 1 aromatic rings. The molecule has 0 saturated heterocycles. The van der Waals surface area contributed by atoms with Crippen LogP contribution in [0, 0.1) is 6.92 Å². The van der Waals surface area contributed by atoms with Gasteiger partial charge < -0.3 is 4.74 Å². The van der Waals surface area contributed by atoms with Crippen LogP contribution in [0.15, 0.2) is 47.6 Å². The van der Waals surface area contributed by atoms with Crippen LogP contribution in [0.3, 0.4) is 0 Å². The minimum Gasteiger partial charge on any atom is -0.481 e. The molecule has 0 aromatic heterocycles. The van der Waals surface area contributed by atoms with Crippen molar-refractivity contribution in [1.82, 2.24) is 0 Å². The largest absolute Gasteiger partial charge is 0.481 e. The molecule has 0 amide bonds. The van der Waals surface area contributed by atoms with Gasteiger partial charge in [0.2, 0.25) is 0 Å². The van der Waals surface area contributed by atoms with Gasteiger partial charge in [0.05, 0.1) is 0 Å². The fraction of sp³-hybridized carbons (Fsp3) is 0.250. The highest BCUT2D eigenvalue weighted by Crippen LogP contribution is 2.38. The number of rotatable bonds is 0. The van der Waals surface area contributed by atoms with Gasteiger partial charge in [0.1, 0.15) is 11.9 Å². The molecule has 1 aliphatic heterocycles. The van der Waals surface area contributed by atoms with Gasteiger partial charge in [-0.1, -0.05) is 29.9 Å². The first kappa shape index (κ1) is 10.4. The Labute approximate surface area is 102 Å². The first-order valence-electron chi connectivity index (χ1n) is 6.00. The maximum atomic E-state index is 6.07. The summed E-state index contributed by atoms with van der Waals surface area (Å²) in [4.78, 5) is 0. The molecule has 1 aliphatic carbocycles. The molecular weight excluding hydrogens is 208 g/mol. The Bertz CT molecular complexity index is 573. The average Bonchev–Trinajstić information content (AvgIpc) is 2.28. The van der Waals surface area contributed by atoms with Gasteiger partial charge >= 0.3 is 0 Å². The molecule has 1 atom stereocenters. The average molecular weight is 224 g/mol. The second-order valence-corrected chi connectivity index (χ2v) is 4.86. The molecule has 0 bridgehead atoms. The summed E-state index contributed by atoms with van der Waals surface area (Å²) in [7, 11) is 0. The zero-order valence-electron chi connectivity index (χ0n) is 10.4. The number of ether oxygens (including phenoxy) is 1. The fourth-order valence-electron chi connectivity index (χ4n) is 2.47. The predicted octanol–water partition coefficient (Wildman–Crippen LogP) is 4.05. The van der Waals surface area contributed by atoms with Crippen LogP contribution < -0.4 is 4.74 Å². The highest BCUT2D eigenvalue weighted by atomic mass is 16.5. The molecule has 3 rings (SSSR count). The zero-order valence-corrected chi connectivity index (χ0v) is 10.4. The van der Waals surface area contributed by atoms with Crippen molar-refractivity contribution in [2.75, 3.05) is 0 Å². The molecule has 1 unspecified atom stereocenters. The van der Waals surface area contributed by atoms with E-state index < -0.39 is 0 Å². The second kappa shape index (κ2) is 3.63. The van der Waals surface area contributed by atoms with Gasteiger partial charge in [-0.2, -0.15) is 0 Å². The van der Waals surface area contributed by atoms with Crippen molar-refractivity contribution in [3.8, 4) is 5.75 Å². The van der Waals surface area contributed by atoms with Crippen LogP contribution in [0.4, 0.5) is 0 Å². The Kier molecular flexibility index (Phi) is 2.22. The summed E-state index contributed by atoms with van der Waals surface area (Å²) >= 11 is 0. The zero-order chi connectivity index (χ0) is 12.0. The summed E-state index contributed by atoms with van der Waals surface area (Å²) in [6, 6.07) is 6.42. The summed E-state index contributed by atoms with van der Waals surface area (Å²) in [5.41, 5.74) is 6.34. The Morgan fingerprint density at radius 3 is 2.71 bits per heavy atom. The molecule has 1 aromatic carbocycles. The number of fused-ring (bicyclic) bond motifs is 2. The Balaban J connectivity index is 2.17. The lowest BCUT2D eigenvalue weighted by Gasteiger charge is -2.29. The Hall–Kier alpha value is -1.76. The van der Waals surface area contributed by atoms with E-state index in [1.165, 1.54) is 27.8 Å². The van der Waals surface area contributed by atoms with E-state index in [1.54, 1.807) is 0 Å². The monoisotopic (exact) mass is 224 g/mol. The van der Waals surface area contributed by atoms with Gasteiger partial charge in [0, 0.05) is 5.56 Å². The van der Waals surface area contributed by atoms with Crippen LogP contribution in [0.25, 0.3) is 5.57 Å². The smallest absolute Gasteiger partial charge is 0.143 e. The molecule has 1 heteroatoms. The SMILES string of the molecule is CC1=CC2Oc3cc(C)ccc3C(C)=C2C=C1. The summed E-state index contributed by atoms with van der Waals surface area (Å²) in [5.74, 6) is 1.01. The Morgan fingerprint density at radius 2 is 1.88 bits per heavy atom. The maximum absolute atomic E-state index is 6.07. The molecule has 0 saturated carbocycles. The third-order valence-electron chi connectivity index (χ3n) is 3.47. The number of aryl methyl sites for hydroxylation is 1. The van der Waals surface area contributed by atoms with E-state index in [2.05, 4.69) is 57.2 Å². The molecule has 0 spiro atoms. The number of benzene rings is 1. The molecule has 86 valence electrons. The number of allylic oxidation sites excluding steroid dienone is 3. The van der Waals surface area contributed by atoms with Crippen LogP contribution >= 0.6 is 0 Å². The minimum atomic E-state index is 0.0919. The molecule has 0 N–H and O–H groups in total. The van der Waals surface area contributed by atoms with E-state index in [4.69, 9.17) is 4.74 Å². The summed E-state index contributed by atoms with van der Waals surface area (Å²) in [6.45, 7) is 6.38. The molecule has 0 fully saturated rings. The van der Waals surface area contributed by atoms with Gasteiger partial charge in [0.15, 0.2) is 0 Å². The predicted molar refractivity (Wildman–Crippen MR) is 71.1 cm³/mol.